The molecule has 7 nitrogen and oxygen atoms in total. The van der Waals surface area contributed by atoms with E-state index < -0.39 is 11.3 Å². The van der Waals surface area contributed by atoms with E-state index in [1.165, 1.54) is 24.3 Å². The first-order valence-corrected chi connectivity index (χ1v) is 8.09. The highest BCUT2D eigenvalue weighted by atomic mass is 16.4. The highest BCUT2D eigenvalue weighted by Crippen LogP contribution is 2.21. The molecule has 2 N–H and O–H groups in total. The smallest absolute Gasteiger partial charge is 0.336 e. The van der Waals surface area contributed by atoms with E-state index in [0.717, 1.165) is 21.9 Å². The first-order chi connectivity index (χ1) is 13.3. The molecule has 4 rings (SSSR count). The predicted octanol–water partition coefficient (Wildman–Crippen LogP) is 3.43. The lowest BCUT2D eigenvalue weighted by Crippen LogP contribution is -1.97. The Kier molecular flexibility index (Phi) is 6.34. The number of aryl methyl sites for hydroxylation is 2. The quantitative estimate of drug-likeness (QED) is 0.447. The van der Waals surface area contributed by atoms with Crippen molar-refractivity contribution in [3.8, 4) is 11.5 Å². The Morgan fingerprint density at radius 2 is 1.04 bits per heavy atom. The summed E-state index contributed by atoms with van der Waals surface area (Å²) in [7, 11) is 0. The Bertz CT molecular complexity index is 1140. The average Bonchev–Trinajstić information content (AvgIpc) is 2.62. The van der Waals surface area contributed by atoms with E-state index in [1.54, 1.807) is 24.3 Å². The third kappa shape index (κ3) is 4.64. The van der Waals surface area contributed by atoms with Gasteiger partial charge in [0.2, 0.25) is 0 Å². The molecule has 0 unspecified atom stereocenters. The molecule has 144 valence electrons. The Morgan fingerprint density at radius 3 is 1.39 bits per heavy atom. The highest BCUT2D eigenvalue weighted by molar-refractivity contribution is 5.81. The molecule has 0 amide bonds. The molecule has 0 aliphatic carbocycles. The average molecular weight is 382 g/mol. The number of phenols is 2. The molecule has 0 bridgehead atoms. The molecule has 0 atom stereocenters. The van der Waals surface area contributed by atoms with Crippen LogP contribution in [0.4, 0.5) is 0 Å². The van der Waals surface area contributed by atoms with Crippen molar-refractivity contribution >= 4 is 28.7 Å². The zero-order valence-electron chi connectivity index (χ0n) is 15.3. The van der Waals surface area contributed by atoms with E-state index in [-0.39, 0.29) is 11.5 Å². The Hall–Kier alpha value is -3.87. The monoisotopic (exact) mass is 382 g/mol. The highest BCUT2D eigenvalue weighted by Gasteiger charge is 2.02. The summed E-state index contributed by atoms with van der Waals surface area (Å²) >= 11 is 0. The van der Waals surface area contributed by atoms with Crippen LogP contribution in [0.25, 0.3) is 21.9 Å². The van der Waals surface area contributed by atoms with Crippen molar-refractivity contribution in [2.75, 3.05) is 0 Å². The molecule has 2 aromatic carbocycles. The fourth-order valence-electron chi connectivity index (χ4n) is 2.63. The molecule has 0 aliphatic rings. The standard InChI is InChI=1S/2C10H8O3.CH2O/c2*1-6-4-10(12)13-9-5-7(11)2-3-8(6)9;1-2/h2*2-5,11H,1H3;1H2. The maximum atomic E-state index is 11.0. The zero-order chi connectivity index (χ0) is 20.8. The second kappa shape index (κ2) is 8.68. The molecule has 28 heavy (non-hydrogen) atoms. The summed E-state index contributed by atoms with van der Waals surface area (Å²) in [5.74, 6) is 0.197. The number of aromatic hydroxyl groups is 2. The summed E-state index contributed by atoms with van der Waals surface area (Å²) < 4.78 is 9.82. The minimum absolute atomic E-state index is 0.0984. The molecule has 0 fully saturated rings. The number of hydrogen-bond acceptors (Lipinski definition) is 7. The summed E-state index contributed by atoms with van der Waals surface area (Å²) in [5, 5.41) is 20.0. The maximum absolute atomic E-state index is 11.0. The van der Waals surface area contributed by atoms with Crippen LogP contribution < -0.4 is 11.3 Å². The summed E-state index contributed by atoms with van der Waals surface area (Å²) in [6, 6.07) is 12.3. The number of benzene rings is 2. The van der Waals surface area contributed by atoms with Crippen molar-refractivity contribution in [3.05, 3.63) is 80.5 Å². The Labute approximate surface area is 159 Å². The van der Waals surface area contributed by atoms with Gasteiger partial charge >= 0.3 is 11.3 Å². The zero-order valence-corrected chi connectivity index (χ0v) is 15.3. The van der Waals surface area contributed by atoms with Crippen molar-refractivity contribution in [2.24, 2.45) is 0 Å². The number of rotatable bonds is 0. The van der Waals surface area contributed by atoms with Gasteiger partial charge in [0.25, 0.3) is 0 Å². The number of carbonyl (C=O) groups excluding carboxylic acids is 1. The van der Waals surface area contributed by atoms with E-state index >= 15 is 0 Å². The lowest BCUT2D eigenvalue weighted by molar-refractivity contribution is -0.0980. The van der Waals surface area contributed by atoms with E-state index in [0.29, 0.717) is 11.2 Å². The first-order valence-electron chi connectivity index (χ1n) is 8.09. The Balaban J connectivity index is 0.000000184. The third-order valence-electron chi connectivity index (χ3n) is 3.87. The number of hydrogen-bond donors (Lipinski definition) is 2. The van der Waals surface area contributed by atoms with Crippen LogP contribution in [0.15, 0.2) is 67.0 Å². The molecule has 0 saturated carbocycles. The van der Waals surface area contributed by atoms with Gasteiger partial charge in [0.15, 0.2) is 0 Å². The minimum atomic E-state index is -0.393. The van der Waals surface area contributed by atoms with E-state index in [1.807, 2.05) is 20.6 Å². The molecule has 2 heterocycles. The SMILES string of the molecule is C=O.Cc1cc(=O)oc2cc(O)ccc12.Cc1cc(=O)oc2cc(O)ccc12. The van der Waals surface area contributed by atoms with E-state index in [2.05, 4.69) is 0 Å². The summed E-state index contributed by atoms with van der Waals surface area (Å²) in [4.78, 5) is 29.9. The molecule has 2 aromatic heterocycles. The largest absolute Gasteiger partial charge is 0.508 e. The molecule has 0 radical (unpaired) electrons. The minimum Gasteiger partial charge on any atom is -0.508 e. The summed E-state index contributed by atoms with van der Waals surface area (Å²) in [5.41, 5.74) is 1.76. The second-order valence-corrected chi connectivity index (χ2v) is 5.86. The van der Waals surface area contributed by atoms with Gasteiger partial charge in [-0.25, -0.2) is 9.59 Å². The van der Waals surface area contributed by atoms with Crippen molar-refractivity contribution in [1.82, 2.24) is 0 Å². The normalized spacial score (nSPS) is 9.93. The molecule has 0 aliphatic heterocycles. The van der Waals surface area contributed by atoms with Crippen LogP contribution in [-0.4, -0.2) is 17.0 Å². The van der Waals surface area contributed by atoms with Crippen LogP contribution in [0.2, 0.25) is 0 Å². The van der Waals surface area contributed by atoms with Gasteiger partial charge in [-0.05, 0) is 49.2 Å². The van der Waals surface area contributed by atoms with Gasteiger partial charge in [-0.15, -0.1) is 0 Å². The van der Waals surface area contributed by atoms with Gasteiger partial charge < -0.3 is 23.8 Å². The van der Waals surface area contributed by atoms with Gasteiger partial charge in [-0.3, -0.25) is 0 Å². The summed E-state index contributed by atoms with van der Waals surface area (Å²) in [6.07, 6.45) is 0. The number of phenolic OH excluding ortho intramolecular Hbond substituents is 2. The Morgan fingerprint density at radius 1 is 0.679 bits per heavy atom. The molecule has 0 saturated heterocycles. The predicted molar refractivity (Wildman–Crippen MR) is 105 cm³/mol. The fourth-order valence-corrected chi connectivity index (χ4v) is 2.63. The number of fused-ring (bicyclic) bond motifs is 2. The second-order valence-electron chi connectivity index (χ2n) is 5.86. The molecule has 4 aromatic rings. The van der Waals surface area contributed by atoms with Crippen LogP contribution in [0.5, 0.6) is 11.5 Å². The molecule has 7 heteroatoms. The third-order valence-corrected chi connectivity index (χ3v) is 3.87. The van der Waals surface area contributed by atoms with E-state index in [4.69, 9.17) is 23.8 Å². The van der Waals surface area contributed by atoms with Gasteiger partial charge in [0.05, 0.1) is 0 Å². The van der Waals surface area contributed by atoms with Gasteiger partial charge in [0, 0.05) is 35.0 Å². The van der Waals surface area contributed by atoms with Crippen LogP contribution >= 0.6 is 0 Å². The van der Waals surface area contributed by atoms with Crippen molar-refractivity contribution in [3.63, 3.8) is 0 Å². The summed E-state index contributed by atoms with van der Waals surface area (Å²) in [6.45, 7) is 5.66. The van der Waals surface area contributed by atoms with Crippen LogP contribution in [-0.2, 0) is 4.79 Å². The van der Waals surface area contributed by atoms with E-state index in [9.17, 15) is 9.59 Å². The van der Waals surface area contributed by atoms with Crippen LogP contribution in [0.1, 0.15) is 11.1 Å². The van der Waals surface area contributed by atoms with Crippen LogP contribution in [0.3, 0.4) is 0 Å². The van der Waals surface area contributed by atoms with Crippen molar-refractivity contribution in [2.45, 2.75) is 13.8 Å². The molecular formula is C21H18O7. The molecule has 0 spiro atoms. The lowest BCUT2D eigenvalue weighted by atomic mass is 10.1. The van der Waals surface area contributed by atoms with Crippen LogP contribution in [0, 0.1) is 13.8 Å². The van der Waals surface area contributed by atoms with Gasteiger partial charge in [-0.1, -0.05) is 0 Å². The van der Waals surface area contributed by atoms with Crippen molar-refractivity contribution in [1.29, 1.82) is 0 Å². The van der Waals surface area contributed by atoms with Gasteiger partial charge in [0.1, 0.15) is 29.5 Å². The first kappa shape index (κ1) is 20.4. The number of carbonyl (C=O) groups is 1. The molecular weight excluding hydrogens is 364 g/mol. The maximum Gasteiger partial charge on any atom is 0.336 e. The lowest BCUT2D eigenvalue weighted by Gasteiger charge is -1.99. The topological polar surface area (TPSA) is 118 Å². The van der Waals surface area contributed by atoms with Crippen molar-refractivity contribution < 1.29 is 23.8 Å². The van der Waals surface area contributed by atoms with Gasteiger partial charge in [-0.2, -0.15) is 0 Å². The fraction of sp³-hybridized carbons (Fsp3) is 0.0952.